The Bertz CT molecular complexity index is 610. The zero-order valence-electron chi connectivity index (χ0n) is 12.1. The summed E-state index contributed by atoms with van der Waals surface area (Å²) in [5.41, 5.74) is 1.52. The van der Waals surface area contributed by atoms with Crippen molar-refractivity contribution in [3.05, 3.63) is 12.2 Å². The number of aryl methyl sites for hydroxylation is 1. The molecular formula is C14H19ClN4O2. The van der Waals surface area contributed by atoms with Crippen molar-refractivity contribution in [1.82, 2.24) is 19.5 Å². The van der Waals surface area contributed by atoms with Crippen LogP contribution in [0.5, 0.6) is 5.88 Å². The molecule has 0 aliphatic carbocycles. The van der Waals surface area contributed by atoms with Gasteiger partial charge in [0.2, 0.25) is 5.88 Å². The van der Waals surface area contributed by atoms with Crippen LogP contribution in [-0.2, 0) is 17.7 Å². The third-order valence-corrected chi connectivity index (χ3v) is 3.97. The molecule has 2 aromatic rings. The van der Waals surface area contributed by atoms with E-state index < -0.39 is 0 Å². The van der Waals surface area contributed by atoms with E-state index in [1.165, 1.54) is 12.7 Å². The molecule has 0 radical (unpaired) electrons. The standard InChI is InChI=1S/C14H19ClN4O2/c1-20-14-12-13(16-9-17-14)19(11(18-12)4-5-15)7-10-3-2-6-21-8-10/h9-10H,2-8H2,1H3. The van der Waals surface area contributed by atoms with Crippen LogP contribution in [0.15, 0.2) is 6.33 Å². The highest BCUT2D eigenvalue weighted by Gasteiger charge is 2.20. The molecule has 0 aromatic carbocycles. The number of alkyl halides is 1. The van der Waals surface area contributed by atoms with Gasteiger partial charge < -0.3 is 14.0 Å². The summed E-state index contributed by atoms with van der Waals surface area (Å²) < 4.78 is 13.0. The van der Waals surface area contributed by atoms with Gasteiger partial charge in [-0.1, -0.05) is 0 Å². The zero-order chi connectivity index (χ0) is 14.7. The molecule has 3 rings (SSSR count). The average Bonchev–Trinajstić information content (AvgIpc) is 2.87. The number of nitrogens with zero attached hydrogens (tertiary/aromatic N) is 4. The van der Waals surface area contributed by atoms with Crippen LogP contribution in [0, 0.1) is 5.92 Å². The number of hydrogen-bond acceptors (Lipinski definition) is 5. The minimum atomic E-state index is 0.492. The molecule has 21 heavy (non-hydrogen) atoms. The predicted octanol–water partition coefficient (Wildman–Crippen LogP) is 2.04. The van der Waals surface area contributed by atoms with E-state index in [-0.39, 0.29) is 0 Å². The van der Waals surface area contributed by atoms with E-state index in [4.69, 9.17) is 21.1 Å². The first-order chi connectivity index (χ1) is 10.3. The smallest absolute Gasteiger partial charge is 0.245 e. The van der Waals surface area contributed by atoms with Crippen LogP contribution in [-0.4, -0.2) is 45.7 Å². The second-order valence-electron chi connectivity index (χ2n) is 5.22. The number of rotatable bonds is 5. The molecule has 7 heteroatoms. The van der Waals surface area contributed by atoms with Gasteiger partial charge >= 0.3 is 0 Å². The first kappa shape index (κ1) is 14.5. The minimum absolute atomic E-state index is 0.492. The number of halogens is 1. The van der Waals surface area contributed by atoms with Gasteiger partial charge in [-0.2, -0.15) is 4.98 Å². The number of hydrogen-bond donors (Lipinski definition) is 0. The third-order valence-electron chi connectivity index (χ3n) is 3.78. The van der Waals surface area contributed by atoms with Gasteiger partial charge in [-0.15, -0.1) is 11.6 Å². The molecule has 114 valence electrons. The van der Waals surface area contributed by atoms with E-state index in [1.54, 1.807) is 7.11 Å². The third kappa shape index (κ3) is 2.96. The Morgan fingerprint density at radius 3 is 3.10 bits per heavy atom. The molecule has 0 N–H and O–H groups in total. The average molecular weight is 311 g/mol. The van der Waals surface area contributed by atoms with Crippen molar-refractivity contribution in [1.29, 1.82) is 0 Å². The van der Waals surface area contributed by atoms with Crippen LogP contribution in [0.3, 0.4) is 0 Å². The van der Waals surface area contributed by atoms with E-state index in [9.17, 15) is 0 Å². The summed E-state index contributed by atoms with van der Waals surface area (Å²) in [5.74, 6) is 2.46. The Hall–Kier alpha value is -1.40. The second-order valence-corrected chi connectivity index (χ2v) is 5.59. The van der Waals surface area contributed by atoms with Gasteiger partial charge in [0.05, 0.1) is 13.7 Å². The molecule has 3 heterocycles. The van der Waals surface area contributed by atoms with Crippen molar-refractivity contribution >= 4 is 22.8 Å². The number of fused-ring (bicyclic) bond motifs is 1. The van der Waals surface area contributed by atoms with Gasteiger partial charge in [0.15, 0.2) is 11.2 Å². The van der Waals surface area contributed by atoms with Crippen molar-refractivity contribution in [2.45, 2.75) is 25.8 Å². The van der Waals surface area contributed by atoms with Gasteiger partial charge in [0, 0.05) is 31.4 Å². The molecule has 0 saturated carbocycles. The summed E-state index contributed by atoms with van der Waals surface area (Å²) in [5, 5.41) is 0. The molecule has 0 spiro atoms. The highest BCUT2D eigenvalue weighted by molar-refractivity contribution is 6.17. The van der Waals surface area contributed by atoms with Crippen LogP contribution in [0.25, 0.3) is 11.2 Å². The fourth-order valence-electron chi connectivity index (χ4n) is 2.79. The maximum Gasteiger partial charge on any atom is 0.245 e. The van der Waals surface area contributed by atoms with Crippen molar-refractivity contribution in [2.24, 2.45) is 5.92 Å². The molecular weight excluding hydrogens is 292 g/mol. The summed E-state index contributed by atoms with van der Waals surface area (Å²) in [4.78, 5) is 13.1. The first-order valence-corrected chi connectivity index (χ1v) is 7.74. The molecule has 0 amide bonds. The molecule has 1 unspecified atom stereocenters. The molecule has 1 saturated heterocycles. The summed E-state index contributed by atoms with van der Waals surface area (Å²) in [6.07, 6.45) is 4.50. The summed E-state index contributed by atoms with van der Waals surface area (Å²) >= 11 is 5.91. The van der Waals surface area contributed by atoms with Crippen LogP contribution in [0.4, 0.5) is 0 Å². The van der Waals surface area contributed by atoms with Crippen molar-refractivity contribution in [3.8, 4) is 5.88 Å². The lowest BCUT2D eigenvalue weighted by atomic mass is 10.0. The van der Waals surface area contributed by atoms with Gasteiger partial charge in [-0.3, -0.25) is 0 Å². The van der Waals surface area contributed by atoms with E-state index in [2.05, 4.69) is 19.5 Å². The monoisotopic (exact) mass is 310 g/mol. The minimum Gasteiger partial charge on any atom is -0.479 e. The highest BCUT2D eigenvalue weighted by atomic mass is 35.5. The van der Waals surface area contributed by atoms with Gasteiger partial charge in [-0.05, 0) is 12.8 Å². The lowest BCUT2D eigenvalue weighted by Crippen LogP contribution is -2.23. The summed E-state index contributed by atoms with van der Waals surface area (Å²) in [6.45, 7) is 2.51. The number of imidazole rings is 1. The first-order valence-electron chi connectivity index (χ1n) is 7.21. The molecule has 0 bridgehead atoms. The maximum absolute atomic E-state index is 5.91. The number of ether oxygens (including phenoxy) is 2. The largest absolute Gasteiger partial charge is 0.479 e. The van der Waals surface area contributed by atoms with E-state index in [0.717, 1.165) is 37.7 Å². The molecule has 1 fully saturated rings. The number of methoxy groups -OCH3 is 1. The van der Waals surface area contributed by atoms with Crippen molar-refractivity contribution in [3.63, 3.8) is 0 Å². The number of aromatic nitrogens is 4. The Morgan fingerprint density at radius 2 is 2.38 bits per heavy atom. The Morgan fingerprint density at radius 1 is 1.48 bits per heavy atom. The van der Waals surface area contributed by atoms with Gasteiger partial charge in [0.1, 0.15) is 12.2 Å². The van der Waals surface area contributed by atoms with Crippen molar-refractivity contribution in [2.75, 3.05) is 26.2 Å². The summed E-state index contributed by atoms with van der Waals surface area (Å²) in [6, 6.07) is 0. The molecule has 1 aliphatic heterocycles. The van der Waals surface area contributed by atoms with Crippen LogP contribution in [0.1, 0.15) is 18.7 Å². The normalized spacial score (nSPS) is 19.0. The van der Waals surface area contributed by atoms with Gasteiger partial charge in [-0.25, -0.2) is 9.97 Å². The lowest BCUT2D eigenvalue weighted by molar-refractivity contribution is 0.0484. The lowest BCUT2D eigenvalue weighted by Gasteiger charge is -2.23. The second kappa shape index (κ2) is 6.58. The van der Waals surface area contributed by atoms with E-state index >= 15 is 0 Å². The van der Waals surface area contributed by atoms with Gasteiger partial charge in [0.25, 0.3) is 0 Å². The van der Waals surface area contributed by atoms with Crippen LogP contribution < -0.4 is 4.74 Å². The zero-order valence-corrected chi connectivity index (χ0v) is 12.8. The quantitative estimate of drug-likeness (QED) is 0.791. The molecule has 2 aromatic heterocycles. The Kier molecular flexibility index (Phi) is 4.55. The van der Waals surface area contributed by atoms with E-state index in [0.29, 0.717) is 29.6 Å². The molecule has 1 atom stereocenters. The van der Waals surface area contributed by atoms with Crippen LogP contribution in [0.2, 0.25) is 0 Å². The summed E-state index contributed by atoms with van der Waals surface area (Å²) in [7, 11) is 1.59. The molecule has 1 aliphatic rings. The maximum atomic E-state index is 5.91. The topological polar surface area (TPSA) is 62.1 Å². The fraction of sp³-hybridized carbons (Fsp3) is 0.643. The van der Waals surface area contributed by atoms with E-state index in [1.807, 2.05) is 0 Å². The Balaban J connectivity index is 1.99. The Labute approximate surface area is 128 Å². The SMILES string of the molecule is COc1ncnc2c1nc(CCCl)n2CC1CCCOC1. The predicted molar refractivity (Wildman–Crippen MR) is 79.8 cm³/mol. The molecule has 6 nitrogen and oxygen atoms in total. The fourth-order valence-corrected chi connectivity index (χ4v) is 2.96. The van der Waals surface area contributed by atoms with Crippen molar-refractivity contribution < 1.29 is 9.47 Å². The highest BCUT2D eigenvalue weighted by Crippen LogP contribution is 2.25. The van der Waals surface area contributed by atoms with Crippen LogP contribution >= 0.6 is 11.6 Å².